The molecule has 3 aliphatic rings. The Bertz CT molecular complexity index is 1560. The topological polar surface area (TPSA) is 165 Å². The molecule has 0 aliphatic heterocycles. The van der Waals surface area contributed by atoms with Crippen molar-refractivity contribution in [2.75, 3.05) is 27.7 Å². The van der Waals surface area contributed by atoms with Crippen molar-refractivity contribution >= 4 is 29.1 Å². The molecule has 13 heteroatoms. The molecule has 3 aliphatic carbocycles. The molecule has 1 saturated carbocycles. The number of likely N-dealkylation sites (N-methyl/N-ethyl adjacent to an activating group) is 2. The minimum Gasteiger partial charge on any atom is -0.508 e. The van der Waals surface area contributed by atoms with Crippen molar-refractivity contribution in [3.05, 3.63) is 63.0 Å². The molecule has 1 amide bonds. The van der Waals surface area contributed by atoms with Crippen LogP contribution in [0.5, 0.6) is 5.75 Å². The minimum absolute atomic E-state index is 0.0170. The Balaban J connectivity index is 1.98. The number of phenols is 1. The molecule has 4 atom stereocenters. The fourth-order valence-electron chi connectivity index (χ4n) is 6.65. The minimum atomic E-state index is -2.86. The van der Waals surface area contributed by atoms with Gasteiger partial charge >= 0.3 is 6.08 Å². The maximum Gasteiger partial charge on any atom is 0.306 e. The van der Waals surface area contributed by atoms with Crippen molar-refractivity contribution in [2.45, 2.75) is 44.9 Å². The van der Waals surface area contributed by atoms with Crippen LogP contribution in [0, 0.1) is 11.8 Å². The third-order valence-electron chi connectivity index (χ3n) is 8.65. The van der Waals surface area contributed by atoms with E-state index in [9.17, 15) is 48.0 Å². The zero-order chi connectivity index (χ0) is 32.3. The zero-order valence-corrected chi connectivity index (χ0v) is 24.3. The molecule has 2 unspecified atom stereocenters. The van der Waals surface area contributed by atoms with Crippen molar-refractivity contribution in [1.82, 2.24) is 9.80 Å². The van der Waals surface area contributed by atoms with E-state index in [-0.39, 0.29) is 30.5 Å². The predicted molar refractivity (Wildman–Crippen MR) is 150 cm³/mol. The van der Waals surface area contributed by atoms with Crippen molar-refractivity contribution in [3.63, 3.8) is 0 Å². The highest BCUT2D eigenvalue weighted by Gasteiger charge is 2.64. The quantitative estimate of drug-likeness (QED) is 0.232. The number of aliphatic hydroxyl groups excluding tert-OH is 2. The lowest BCUT2D eigenvalue weighted by Gasteiger charge is -2.50. The monoisotopic (exact) mass is 605 g/mol. The molecule has 1 fully saturated rings. The van der Waals surface area contributed by atoms with Crippen LogP contribution in [0.3, 0.4) is 0 Å². The molecule has 0 spiro atoms. The van der Waals surface area contributed by atoms with Crippen LogP contribution in [-0.4, -0.2) is 87.0 Å². The summed E-state index contributed by atoms with van der Waals surface area (Å²) in [6.07, 6.45) is -1.36. The maximum absolute atomic E-state index is 15.0. The number of amides is 1. The number of halogens is 3. The zero-order valence-electron chi connectivity index (χ0n) is 24.3. The van der Waals surface area contributed by atoms with Gasteiger partial charge in [-0.3, -0.25) is 24.2 Å². The molecule has 0 saturated heterocycles. The standard InChI is InChI=1S/C30H34F3N3O7/c1-6-12(2)10-36(5)11-14-8-16(21(31)28(32)33)15-7-13-9-17-22(35(3)4)25(39)20(29(34)42)27(41)30(17,43)26(40)18(13)24(38)19(15)23(14)37/h6,8,13,17,22,37-38,41,43H,7,9-11H2,1-5H3,(H2,34,42)/b12-6+/t13?,17?,22-,30-/m0/s1. The van der Waals surface area contributed by atoms with E-state index >= 15 is 0 Å². The van der Waals surface area contributed by atoms with Gasteiger partial charge in [-0.1, -0.05) is 11.6 Å². The number of nitrogens with two attached hydrogens (primary N) is 1. The number of aromatic hydroxyl groups is 1. The Morgan fingerprint density at radius 2 is 1.79 bits per heavy atom. The molecule has 43 heavy (non-hydrogen) atoms. The lowest BCUT2D eigenvalue weighted by atomic mass is 9.57. The molecule has 0 bridgehead atoms. The number of nitrogens with zero attached hydrogens (tertiary/aromatic N) is 2. The van der Waals surface area contributed by atoms with E-state index in [2.05, 4.69) is 0 Å². The van der Waals surface area contributed by atoms with Crippen molar-refractivity contribution in [3.8, 4) is 5.75 Å². The summed E-state index contributed by atoms with van der Waals surface area (Å²) < 4.78 is 42.3. The highest BCUT2D eigenvalue weighted by molar-refractivity contribution is 6.24. The fourth-order valence-corrected chi connectivity index (χ4v) is 6.65. The van der Waals surface area contributed by atoms with Gasteiger partial charge in [0.2, 0.25) is 5.78 Å². The van der Waals surface area contributed by atoms with Gasteiger partial charge in [-0.25, -0.2) is 4.39 Å². The number of primary amides is 1. The van der Waals surface area contributed by atoms with Crippen LogP contribution in [0.1, 0.15) is 42.5 Å². The number of carbonyl (C=O) groups excluding carboxylic acids is 3. The first kappa shape index (κ1) is 32.0. The first-order valence-electron chi connectivity index (χ1n) is 13.5. The van der Waals surface area contributed by atoms with Crippen LogP contribution in [0.25, 0.3) is 11.6 Å². The van der Waals surface area contributed by atoms with Gasteiger partial charge in [0, 0.05) is 35.7 Å². The first-order chi connectivity index (χ1) is 20.0. The first-order valence-corrected chi connectivity index (χ1v) is 13.5. The summed E-state index contributed by atoms with van der Waals surface area (Å²) in [5.74, 6) is -10.6. The van der Waals surface area contributed by atoms with Gasteiger partial charge < -0.3 is 26.2 Å². The summed E-state index contributed by atoms with van der Waals surface area (Å²) in [5, 5.41) is 45.4. The SMILES string of the molecule is C/C=C(\C)CN(C)Cc1cc(C(F)=C(F)F)c2c(c1O)C(O)=C1C(=O)[C@]3(O)C(O)=C(C(N)=O)C(=O)[C@@H](N(C)C)C3CC1C2. The molecule has 1 aromatic carbocycles. The Morgan fingerprint density at radius 3 is 2.33 bits per heavy atom. The van der Waals surface area contributed by atoms with E-state index < -0.39 is 92.4 Å². The number of allylic oxidation sites excluding steroid dienone is 1. The molecular weight excluding hydrogens is 571 g/mol. The number of ketones is 2. The number of phenolic OH excluding ortho intramolecular Hbond substituents is 1. The largest absolute Gasteiger partial charge is 0.508 e. The lowest BCUT2D eigenvalue weighted by molar-refractivity contribution is -0.153. The number of hydrogen-bond donors (Lipinski definition) is 5. The van der Waals surface area contributed by atoms with E-state index in [1.54, 1.807) is 11.9 Å². The molecular formula is C30H34F3N3O7. The lowest BCUT2D eigenvalue weighted by Crippen LogP contribution is -2.65. The third-order valence-corrected chi connectivity index (χ3v) is 8.65. The predicted octanol–water partition coefficient (Wildman–Crippen LogP) is 2.90. The number of hydrogen-bond acceptors (Lipinski definition) is 9. The molecule has 6 N–H and O–H groups in total. The van der Waals surface area contributed by atoms with E-state index in [0.717, 1.165) is 11.6 Å². The average molecular weight is 606 g/mol. The molecule has 232 valence electrons. The molecule has 10 nitrogen and oxygen atoms in total. The second-order valence-corrected chi connectivity index (χ2v) is 11.6. The second kappa shape index (κ2) is 11.3. The van der Waals surface area contributed by atoms with Gasteiger partial charge in [-0.2, -0.15) is 8.78 Å². The van der Waals surface area contributed by atoms with Crippen molar-refractivity contribution in [2.24, 2.45) is 17.6 Å². The van der Waals surface area contributed by atoms with Crippen LogP contribution in [0.4, 0.5) is 13.2 Å². The number of aliphatic hydroxyl groups is 3. The molecule has 0 aromatic heterocycles. The van der Waals surface area contributed by atoms with Gasteiger partial charge in [0.25, 0.3) is 5.91 Å². The van der Waals surface area contributed by atoms with E-state index in [1.807, 2.05) is 19.9 Å². The van der Waals surface area contributed by atoms with Crippen LogP contribution in [0.15, 0.2) is 40.7 Å². The van der Waals surface area contributed by atoms with Crippen molar-refractivity contribution < 1.29 is 48.0 Å². The summed E-state index contributed by atoms with van der Waals surface area (Å²) in [5.41, 5.74) is 0.740. The number of carbonyl (C=O) groups is 3. The van der Waals surface area contributed by atoms with Gasteiger partial charge in [0.1, 0.15) is 22.8 Å². The van der Waals surface area contributed by atoms with E-state index in [0.29, 0.717) is 6.54 Å². The third kappa shape index (κ3) is 4.94. The Morgan fingerprint density at radius 1 is 1.16 bits per heavy atom. The van der Waals surface area contributed by atoms with Gasteiger partial charge in [-0.15, -0.1) is 0 Å². The average Bonchev–Trinajstić information content (AvgIpc) is 2.91. The summed E-state index contributed by atoms with van der Waals surface area (Å²) in [6, 6.07) is -0.243. The molecule has 0 heterocycles. The molecule has 1 aromatic rings. The molecule has 0 radical (unpaired) electrons. The van der Waals surface area contributed by atoms with Crippen LogP contribution in [0.2, 0.25) is 0 Å². The smallest absolute Gasteiger partial charge is 0.306 e. The maximum atomic E-state index is 15.0. The fraction of sp³-hybridized carbons (Fsp3) is 0.433. The number of benzene rings is 1. The van der Waals surface area contributed by atoms with Crippen molar-refractivity contribution in [1.29, 1.82) is 0 Å². The summed E-state index contributed by atoms with van der Waals surface area (Å²) in [4.78, 5) is 42.4. The van der Waals surface area contributed by atoms with Gasteiger partial charge in [0.05, 0.1) is 11.6 Å². The van der Waals surface area contributed by atoms with E-state index in [1.165, 1.54) is 19.0 Å². The highest BCUT2D eigenvalue weighted by atomic mass is 19.3. The van der Waals surface area contributed by atoms with Crippen LogP contribution < -0.4 is 5.73 Å². The summed E-state index contributed by atoms with van der Waals surface area (Å²) in [7, 11) is 4.58. The number of fused-ring (bicyclic) bond motifs is 3. The Hall–Kier alpha value is -3.94. The second-order valence-electron chi connectivity index (χ2n) is 11.6. The van der Waals surface area contributed by atoms with Gasteiger partial charge in [0.15, 0.2) is 17.2 Å². The highest BCUT2D eigenvalue weighted by Crippen LogP contribution is 2.54. The Labute approximate surface area is 245 Å². The number of rotatable bonds is 7. The van der Waals surface area contributed by atoms with Gasteiger partial charge in [-0.05, 0) is 65.4 Å². The van der Waals surface area contributed by atoms with Crippen LogP contribution in [-0.2, 0) is 27.3 Å². The summed E-state index contributed by atoms with van der Waals surface area (Å²) in [6.45, 7) is 4.04. The van der Waals surface area contributed by atoms with Crippen LogP contribution >= 0.6 is 0 Å². The van der Waals surface area contributed by atoms with E-state index in [4.69, 9.17) is 5.73 Å². The Kier molecular flexibility index (Phi) is 8.39. The molecule has 4 rings (SSSR count). The summed E-state index contributed by atoms with van der Waals surface area (Å²) >= 11 is 0. The number of Topliss-reactive ketones (excluding diaryl/α,β-unsaturated/α-hetero) is 2. The normalized spacial score (nSPS) is 25.7.